The van der Waals surface area contributed by atoms with Crippen molar-refractivity contribution < 1.29 is 9.50 Å². The molecule has 3 rings (SSSR count). The van der Waals surface area contributed by atoms with E-state index in [9.17, 15) is 4.39 Å². The Hall–Kier alpha value is -1.62. The molecule has 0 amide bonds. The van der Waals surface area contributed by atoms with E-state index in [-0.39, 0.29) is 12.3 Å². The van der Waals surface area contributed by atoms with Gasteiger partial charge in [0, 0.05) is 24.3 Å². The number of aliphatic hydroxyl groups is 1. The fraction of sp³-hybridized carbons (Fsp3) is 0.500. The van der Waals surface area contributed by atoms with E-state index in [1.165, 1.54) is 6.07 Å². The highest BCUT2D eigenvalue weighted by atomic mass is 19.1. The van der Waals surface area contributed by atoms with Gasteiger partial charge in [0.05, 0.1) is 17.2 Å². The third kappa shape index (κ3) is 2.30. The number of benzene rings is 1. The SMILES string of the molecule is Nc1cc2cn(C3CCC(CO)CC3)nc2cc1F. The van der Waals surface area contributed by atoms with Crippen molar-refractivity contribution in [3.05, 3.63) is 24.1 Å². The van der Waals surface area contributed by atoms with E-state index in [2.05, 4.69) is 5.10 Å². The molecule has 19 heavy (non-hydrogen) atoms. The Balaban J connectivity index is 1.86. The lowest BCUT2D eigenvalue weighted by Crippen LogP contribution is -2.20. The second-order valence-electron chi connectivity index (χ2n) is 5.40. The summed E-state index contributed by atoms with van der Waals surface area (Å²) in [7, 11) is 0. The summed E-state index contributed by atoms with van der Waals surface area (Å²) in [6.45, 7) is 0.273. The standard InChI is InChI=1S/C14H18FN3O/c15-12-6-14-10(5-13(12)16)7-18(17-14)11-3-1-9(8-19)2-4-11/h5-7,9,11,19H,1-4,8,16H2. The van der Waals surface area contributed by atoms with Crippen LogP contribution in [0, 0.1) is 11.7 Å². The minimum atomic E-state index is -0.415. The fourth-order valence-electron chi connectivity index (χ4n) is 2.86. The molecule has 0 bridgehead atoms. The molecule has 1 heterocycles. The van der Waals surface area contributed by atoms with Crippen LogP contribution in [0.25, 0.3) is 10.9 Å². The number of hydrogen-bond donors (Lipinski definition) is 2. The molecule has 0 radical (unpaired) electrons. The molecule has 0 atom stereocenters. The summed E-state index contributed by atoms with van der Waals surface area (Å²) in [6.07, 6.45) is 6.01. The number of aromatic nitrogens is 2. The largest absolute Gasteiger partial charge is 0.396 e. The van der Waals surface area contributed by atoms with E-state index in [4.69, 9.17) is 10.8 Å². The van der Waals surface area contributed by atoms with Gasteiger partial charge >= 0.3 is 0 Å². The molecule has 1 aromatic heterocycles. The Morgan fingerprint density at radius 3 is 2.74 bits per heavy atom. The van der Waals surface area contributed by atoms with Crippen molar-refractivity contribution in [2.75, 3.05) is 12.3 Å². The maximum Gasteiger partial charge on any atom is 0.148 e. The van der Waals surface area contributed by atoms with Crippen molar-refractivity contribution in [2.24, 2.45) is 5.92 Å². The summed E-state index contributed by atoms with van der Waals surface area (Å²) in [4.78, 5) is 0. The third-order valence-electron chi connectivity index (χ3n) is 4.09. The number of nitrogens with zero attached hydrogens (tertiary/aromatic N) is 2. The predicted octanol–water partition coefficient (Wildman–Crippen LogP) is 2.48. The number of nitrogen functional groups attached to an aromatic ring is 1. The molecule has 1 aliphatic carbocycles. The second-order valence-corrected chi connectivity index (χ2v) is 5.40. The van der Waals surface area contributed by atoms with Crippen LogP contribution < -0.4 is 5.73 Å². The molecule has 2 aromatic rings. The van der Waals surface area contributed by atoms with Gasteiger partial charge in [-0.2, -0.15) is 5.10 Å². The van der Waals surface area contributed by atoms with Crippen molar-refractivity contribution in [1.29, 1.82) is 0 Å². The number of rotatable bonds is 2. The van der Waals surface area contributed by atoms with Gasteiger partial charge in [-0.15, -0.1) is 0 Å². The molecule has 1 fully saturated rings. The van der Waals surface area contributed by atoms with E-state index in [1.54, 1.807) is 6.07 Å². The normalized spacial score (nSPS) is 23.9. The number of fused-ring (bicyclic) bond motifs is 1. The zero-order valence-electron chi connectivity index (χ0n) is 10.7. The molecule has 0 aliphatic heterocycles. The van der Waals surface area contributed by atoms with Crippen LogP contribution in [0.1, 0.15) is 31.7 Å². The zero-order valence-corrected chi connectivity index (χ0v) is 10.7. The molecule has 1 saturated carbocycles. The smallest absolute Gasteiger partial charge is 0.148 e. The molecule has 0 saturated heterocycles. The average molecular weight is 263 g/mol. The Morgan fingerprint density at radius 2 is 2.05 bits per heavy atom. The Bertz CT molecular complexity index is 549. The lowest BCUT2D eigenvalue weighted by molar-refractivity contribution is 0.165. The van der Waals surface area contributed by atoms with E-state index in [0.717, 1.165) is 31.1 Å². The van der Waals surface area contributed by atoms with Crippen molar-refractivity contribution >= 4 is 16.6 Å². The highest BCUT2D eigenvalue weighted by Crippen LogP contribution is 2.32. The minimum absolute atomic E-state index is 0.163. The summed E-state index contributed by atoms with van der Waals surface area (Å²) < 4.78 is 15.3. The van der Waals surface area contributed by atoms with Gasteiger partial charge < -0.3 is 10.8 Å². The second kappa shape index (κ2) is 4.81. The quantitative estimate of drug-likeness (QED) is 0.818. The van der Waals surface area contributed by atoms with Crippen LogP contribution in [0.5, 0.6) is 0 Å². The zero-order chi connectivity index (χ0) is 13.4. The van der Waals surface area contributed by atoms with Gasteiger partial charge in [0.2, 0.25) is 0 Å². The van der Waals surface area contributed by atoms with Gasteiger partial charge in [-0.25, -0.2) is 4.39 Å². The molecule has 4 nitrogen and oxygen atoms in total. The van der Waals surface area contributed by atoms with Gasteiger partial charge in [-0.1, -0.05) is 0 Å². The molecule has 1 aromatic carbocycles. The summed E-state index contributed by atoms with van der Waals surface area (Å²) in [5, 5.41) is 14.5. The molecule has 5 heteroatoms. The Morgan fingerprint density at radius 1 is 1.32 bits per heavy atom. The molecule has 3 N–H and O–H groups in total. The first-order valence-corrected chi connectivity index (χ1v) is 6.72. The van der Waals surface area contributed by atoms with Crippen LogP contribution >= 0.6 is 0 Å². The lowest BCUT2D eigenvalue weighted by Gasteiger charge is -2.27. The molecule has 102 valence electrons. The van der Waals surface area contributed by atoms with Crippen LogP contribution in [0.15, 0.2) is 18.3 Å². The summed E-state index contributed by atoms with van der Waals surface area (Å²) >= 11 is 0. The number of halogens is 1. The van der Waals surface area contributed by atoms with Crippen molar-refractivity contribution in [3.63, 3.8) is 0 Å². The molecular formula is C14H18FN3O. The van der Waals surface area contributed by atoms with E-state index in [0.29, 0.717) is 17.5 Å². The summed E-state index contributed by atoms with van der Waals surface area (Å²) in [5.41, 5.74) is 6.38. The van der Waals surface area contributed by atoms with Gasteiger partial charge in [-0.05, 0) is 37.7 Å². The van der Waals surface area contributed by atoms with Crippen molar-refractivity contribution in [3.8, 4) is 0 Å². The predicted molar refractivity (Wildman–Crippen MR) is 72.2 cm³/mol. The summed E-state index contributed by atoms with van der Waals surface area (Å²) in [6, 6.07) is 3.37. The van der Waals surface area contributed by atoms with Crippen LogP contribution in [0.3, 0.4) is 0 Å². The topological polar surface area (TPSA) is 64.1 Å². The van der Waals surface area contributed by atoms with Crippen molar-refractivity contribution in [2.45, 2.75) is 31.7 Å². The van der Waals surface area contributed by atoms with E-state index >= 15 is 0 Å². The number of anilines is 1. The van der Waals surface area contributed by atoms with Crippen molar-refractivity contribution in [1.82, 2.24) is 9.78 Å². The van der Waals surface area contributed by atoms with Crippen LogP contribution in [-0.2, 0) is 0 Å². The average Bonchev–Trinajstić information content (AvgIpc) is 2.82. The first-order chi connectivity index (χ1) is 9.17. The fourth-order valence-corrected chi connectivity index (χ4v) is 2.86. The maximum atomic E-state index is 13.4. The molecular weight excluding hydrogens is 245 g/mol. The lowest BCUT2D eigenvalue weighted by atomic mass is 9.87. The summed E-state index contributed by atoms with van der Waals surface area (Å²) in [5.74, 6) is 0.0102. The molecule has 0 spiro atoms. The highest BCUT2D eigenvalue weighted by molar-refractivity contribution is 5.81. The molecule has 0 unspecified atom stereocenters. The Labute approximate surface area is 111 Å². The number of hydrogen-bond acceptors (Lipinski definition) is 3. The van der Waals surface area contributed by atoms with E-state index < -0.39 is 5.82 Å². The van der Waals surface area contributed by atoms with Crippen LogP contribution in [0.2, 0.25) is 0 Å². The monoisotopic (exact) mass is 263 g/mol. The first kappa shape index (κ1) is 12.4. The molecule has 1 aliphatic rings. The Kier molecular flexibility index (Phi) is 3.14. The van der Waals surface area contributed by atoms with Gasteiger partial charge in [0.1, 0.15) is 5.82 Å². The van der Waals surface area contributed by atoms with Crippen LogP contribution in [-0.4, -0.2) is 21.5 Å². The van der Waals surface area contributed by atoms with Gasteiger partial charge in [0.25, 0.3) is 0 Å². The van der Waals surface area contributed by atoms with E-state index in [1.807, 2.05) is 10.9 Å². The number of aliphatic hydroxyl groups excluding tert-OH is 1. The number of nitrogens with two attached hydrogens (primary N) is 1. The van der Waals surface area contributed by atoms with Gasteiger partial charge in [-0.3, -0.25) is 4.68 Å². The maximum absolute atomic E-state index is 13.4. The van der Waals surface area contributed by atoms with Gasteiger partial charge in [0.15, 0.2) is 0 Å². The third-order valence-corrected chi connectivity index (χ3v) is 4.09. The first-order valence-electron chi connectivity index (χ1n) is 6.72. The van der Waals surface area contributed by atoms with Crippen LogP contribution in [0.4, 0.5) is 10.1 Å². The highest BCUT2D eigenvalue weighted by Gasteiger charge is 2.22. The minimum Gasteiger partial charge on any atom is -0.396 e.